The normalized spacial score (nSPS) is 6.75. The molecule has 0 aliphatic rings. The first-order valence-electron chi connectivity index (χ1n) is 2.20. The largest absolute Gasteiger partial charge is 0.302 e. The highest BCUT2D eigenvalue weighted by Crippen LogP contribution is 1.70. The molecule has 0 unspecified atom stereocenters. The lowest BCUT2D eigenvalue weighted by Crippen LogP contribution is -2.06. The van der Waals surface area contributed by atoms with E-state index in [9.17, 15) is 0 Å². The Bertz CT molecular complexity index is 20.5. The maximum atomic E-state index is 4.73. The third kappa shape index (κ3) is 16.8. The van der Waals surface area contributed by atoms with E-state index in [1.165, 1.54) is 0 Å². The zero-order valence-electron chi connectivity index (χ0n) is 4.32. The molecule has 0 rings (SSSR count). The summed E-state index contributed by atoms with van der Waals surface area (Å²) >= 11 is 0. The molecule has 0 bridgehead atoms. The topological polar surface area (TPSA) is 21.3 Å². The zero-order chi connectivity index (χ0) is 4.83. The molecule has 0 aromatic carbocycles. The molecule has 0 aliphatic carbocycles. The minimum Gasteiger partial charge on any atom is -0.302 e. The van der Waals surface area contributed by atoms with Crippen molar-refractivity contribution in [3.05, 3.63) is 0 Å². The number of nitrogens with one attached hydrogen (secondary N) is 1. The summed E-state index contributed by atoms with van der Waals surface area (Å²) in [5.41, 5.74) is 2.57. The third-order valence-electron chi connectivity index (χ3n) is 0.451. The fourth-order valence-corrected chi connectivity index (χ4v) is 0.204. The molecule has 0 heterocycles. The first kappa shape index (κ1) is 15.7. The average Bonchev–Trinajstić information content (AvgIpc) is 1.61. The minimum atomic E-state index is 0. The van der Waals surface area contributed by atoms with E-state index in [1.807, 2.05) is 0 Å². The molecule has 0 spiro atoms. The van der Waals surface area contributed by atoms with Gasteiger partial charge < -0.3 is 4.84 Å². The Morgan fingerprint density at radius 2 is 1.88 bits per heavy atom. The van der Waals surface area contributed by atoms with Crippen molar-refractivity contribution >= 4 is 0 Å². The third-order valence-corrected chi connectivity index (χ3v) is 0.451. The fourth-order valence-electron chi connectivity index (χ4n) is 0.204. The summed E-state index contributed by atoms with van der Waals surface area (Å²) in [6.45, 7) is 2.87. The van der Waals surface area contributed by atoms with Crippen LogP contribution in [0, 0.1) is 0 Å². The number of hydrogen-bond acceptors (Lipinski definition) is 2. The van der Waals surface area contributed by atoms with Crippen molar-refractivity contribution in [1.29, 1.82) is 0 Å². The van der Waals surface area contributed by atoms with Crippen molar-refractivity contribution in [3.8, 4) is 0 Å². The van der Waals surface area contributed by atoms with Gasteiger partial charge in [0.1, 0.15) is 0 Å². The van der Waals surface area contributed by atoms with E-state index in [0.717, 1.165) is 13.0 Å². The van der Waals surface area contributed by atoms with E-state index in [2.05, 4.69) is 12.4 Å². The first-order valence-corrected chi connectivity index (χ1v) is 2.20. The van der Waals surface area contributed by atoms with Crippen molar-refractivity contribution in [2.75, 3.05) is 13.7 Å². The Labute approximate surface area is 53.2 Å². The molecule has 0 fully saturated rings. The van der Waals surface area contributed by atoms with Crippen LogP contribution in [0.25, 0.3) is 0 Å². The minimum absolute atomic E-state index is 0. The predicted molar refractivity (Wildman–Crippen MR) is 38.8 cm³/mol. The van der Waals surface area contributed by atoms with Crippen LogP contribution in [0.15, 0.2) is 0 Å². The fraction of sp³-hybridized carbons (Fsp3) is 1.00. The SMILES string of the molecule is C.C.CCCONC. The maximum Gasteiger partial charge on any atom is 0.0679 e. The van der Waals surface area contributed by atoms with Crippen molar-refractivity contribution in [2.45, 2.75) is 28.2 Å². The lowest BCUT2D eigenvalue weighted by molar-refractivity contribution is 0.0585. The van der Waals surface area contributed by atoms with E-state index in [0.29, 0.717) is 0 Å². The summed E-state index contributed by atoms with van der Waals surface area (Å²) in [5.74, 6) is 0. The van der Waals surface area contributed by atoms with Crippen LogP contribution in [-0.4, -0.2) is 13.7 Å². The van der Waals surface area contributed by atoms with Crippen LogP contribution < -0.4 is 5.48 Å². The molecule has 54 valence electrons. The van der Waals surface area contributed by atoms with Crippen LogP contribution in [0.2, 0.25) is 0 Å². The number of hydroxylamine groups is 1. The highest BCUT2D eigenvalue weighted by Gasteiger charge is 1.71. The van der Waals surface area contributed by atoms with Crippen molar-refractivity contribution in [3.63, 3.8) is 0 Å². The van der Waals surface area contributed by atoms with Crippen LogP contribution in [0.5, 0.6) is 0 Å². The van der Waals surface area contributed by atoms with Crippen molar-refractivity contribution < 1.29 is 4.84 Å². The van der Waals surface area contributed by atoms with E-state index >= 15 is 0 Å². The van der Waals surface area contributed by atoms with Crippen LogP contribution in [-0.2, 0) is 4.84 Å². The molecular formula is C6H19NO. The number of hydrogen-bond donors (Lipinski definition) is 1. The van der Waals surface area contributed by atoms with Crippen LogP contribution >= 0.6 is 0 Å². The van der Waals surface area contributed by atoms with E-state index in [4.69, 9.17) is 4.84 Å². The second-order valence-electron chi connectivity index (χ2n) is 1.05. The molecule has 0 saturated heterocycles. The van der Waals surface area contributed by atoms with Gasteiger partial charge in [-0.15, -0.1) is 0 Å². The van der Waals surface area contributed by atoms with Crippen LogP contribution in [0.3, 0.4) is 0 Å². The van der Waals surface area contributed by atoms with Crippen molar-refractivity contribution in [1.82, 2.24) is 5.48 Å². The smallest absolute Gasteiger partial charge is 0.0679 e. The molecule has 1 N–H and O–H groups in total. The summed E-state index contributed by atoms with van der Waals surface area (Å²) in [6, 6.07) is 0. The Morgan fingerprint density at radius 3 is 2.00 bits per heavy atom. The lowest BCUT2D eigenvalue weighted by Gasteiger charge is -1.93. The molecule has 0 aromatic rings. The van der Waals surface area contributed by atoms with E-state index < -0.39 is 0 Å². The van der Waals surface area contributed by atoms with Crippen LogP contribution in [0.4, 0.5) is 0 Å². The molecular weight excluding hydrogens is 102 g/mol. The average molecular weight is 121 g/mol. The van der Waals surface area contributed by atoms with Gasteiger partial charge in [-0.25, -0.2) is 5.48 Å². The standard InChI is InChI=1S/C4H11NO.2CH4/c1-3-4-6-5-2;;/h5H,3-4H2,1-2H3;2*1H4. The van der Waals surface area contributed by atoms with Gasteiger partial charge in [0, 0.05) is 7.05 Å². The summed E-state index contributed by atoms with van der Waals surface area (Å²) in [5, 5.41) is 0. The molecule has 0 amide bonds. The molecule has 2 heteroatoms. The summed E-state index contributed by atoms with van der Waals surface area (Å²) in [6.07, 6.45) is 1.07. The predicted octanol–water partition coefficient (Wildman–Crippen LogP) is 1.82. The highest BCUT2D eigenvalue weighted by molar-refractivity contribution is 4.15. The van der Waals surface area contributed by atoms with Gasteiger partial charge in [-0.3, -0.25) is 0 Å². The monoisotopic (exact) mass is 121 g/mol. The second kappa shape index (κ2) is 15.8. The zero-order valence-corrected chi connectivity index (χ0v) is 4.32. The van der Waals surface area contributed by atoms with Gasteiger partial charge in [-0.2, -0.15) is 0 Å². The molecule has 0 aromatic heterocycles. The van der Waals surface area contributed by atoms with E-state index in [1.54, 1.807) is 7.05 Å². The second-order valence-corrected chi connectivity index (χ2v) is 1.05. The van der Waals surface area contributed by atoms with Gasteiger partial charge >= 0.3 is 0 Å². The van der Waals surface area contributed by atoms with E-state index in [-0.39, 0.29) is 14.9 Å². The number of rotatable bonds is 3. The Balaban J connectivity index is -0.000000125. The van der Waals surface area contributed by atoms with Gasteiger partial charge in [0.15, 0.2) is 0 Å². The van der Waals surface area contributed by atoms with Gasteiger partial charge in [0.2, 0.25) is 0 Å². The molecule has 0 atom stereocenters. The lowest BCUT2D eigenvalue weighted by atomic mass is 10.5. The Morgan fingerprint density at radius 1 is 1.38 bits per heavy atom. The van der Waals surface area contributed by atoms with Gasteiger partial charge in [0.05, 0.1) is 6.61 Å². The molecule has 8 heavy (non-hydrogen) atoms. The molecule has 2 nitrogen and oxygen atoms in total. The van der Waals surface area contributed by atoms with Gasteiger partial charge in [0.25, 0.3) is 0 Å². The van der Waals surface area contributed by atoms with Gasteiger partial charge in [-0.1, -0.05) is 21.8 Å². The van der Waals surface area contributed by atoms with Crippen LogP contribution in [0.1, 0.15) is 28.2 Å². The quantitative estimate of drug-likeness (QED) is 0.454. The maximum absolute atomic E-state index is 4.73. The summed E-state index contributed by atoms with van der Waals surface area (Å²) in [7, 11) is 1.76. The highest BCUT2D eigenvalue weighted by atomic mass is 16.6. The Hall–Kier alpha value is -0.0800. The Kier molecular flexibility index (Phi) is 30.9. The molecule has 0 radical (unpaired) electrons. The molecule has 0 saturated carbocycles. The summed E-state index contributed by atoms with van der Waals surface area (Å²) in [4.78, 5) is 4.73. The molecule has 0 aliphatic heterocycles. The first-order chi connectivity index (χ1) is 2.91. The van der Waals surface area contributed by atoms with Gasteiger partial charge in [-0.05, 0) is 6.42 Å². The van der Waals surface area contributed by atoms with Crippen molar-refractivity contribution in [2.24, 2.45) is 0 Å². The summed E-state index contributed by atoms with van der Waals surface area (Å²) < 4.78 is 0.